The maximum atomic E-state index is 12.3. The molecule has 0 bridgehead atoms. The first-order chi connectivity index (χ1) is 11.9. The second-order valence-electron chi connectivity index (χ2n) is 5.90. The van der Waals surface area contributed by atoms with Gasteiger partial charge in [0.25, 0.3) is 5.91 Å². The lowest BCUT2D eigenvalue weighted by Gasteiger charge is -2.17. The Kier molecular flexibility index (Phi) is 4.71. The summed E-state index contributed by atoms with van der Waals surface area (Å²) in [6.45, 7) is 2.02. The molecule has 0 aliphatic carbocycles. The summed E-state index contributed by atoms with van der Waals surface area (Å²) in [4.78, 5) is 28.5. The maximum Gasteiger partial charge on any atom is 0.307 e. The number of carboxylic acids is 1. The monoisotopic (exact) mass is 346 g/mol. The fourth-order valence-corrected chi connectivity index (χ4v) is 2.70. The highest BCUT2D eigenvalue weighted by Crippen LogP contribution is 2.21. The van der Waals surface area contributed by atoms with Gasteiger partial charge in [-0.3, -0.25) is 9.59 Å². The van der Waals surface area contributed by atoms with E-state index in [9.17, 15) is 14.7 Å². The molecule has 1 aromatic carbocycles. The Morgan fingerprint density at radius 3 is 2.64 bits per heavy atom. The van der Waals surface area contributed by atoms with Gasteiger partial charge in [-0.05, 0) is 17.7 Å². The standard InChI is InChI=1S/C17H18N2O6/c1-10-18-13(9-24-10)17(23)19-7-14(20)15(8-19)25-12-4-2-11(3-5-12)6-16(21)22/h2-5,9,14-15,20H,6-8H2,1H3,(H,21,22)/t14-,15-/m1/s1. The third-order valence-electron chi connectivity index (χ3n) is 3.93. The summed E-state index contributed by atoms with van der Waals surface area (Å²) in [5.41, 5.74) is 0.855. The van der Waals surface area contributed by atoms with Crippen LogP contribution in [0.1, 0.15) is 21.9 Å². The molecule has 132 valence electrons. The number of carbonyl (C=O) groups is 2. The molecule has 2 heterocycles. The summed E-state index contributed by atoms with van der Waals surface area (Å²) in [5, 5.41) is 18.9. The molecular weight excluding hydrogens is 328 g/mol. The molecule has 25 heavy (non-hydrogen) atoms. The molecule has 1 aromatic heterocycles. The summed E-state index contributed by atoms with van der Waals surface area (Å²) in [6.07, 6.45) is -0.164. The van der Waals surface area contributed by atoms with Crippen molar-refractivity contribution in [3.05, 3.63) is 47.7 Å². The van der Waals surface area contributed by atoms with Gasteiger partial charge >= 0.3 is 5.97 Å². The number of rotatable bonds is 5. The van der Waals surface area contributed by atoms with Gasteiger partial charge in [0.2, 0.25) is 0 Å². The average Bonchev–Trinajstić information content (AvgIpc) is 3.15. The van der Waals surface area contributed by atoms with Crippen molar-refractivity contribution >= 4 is 11.9 Å². The van der Waals surface area contributed by atoms with Gasteiger partial charge in [0.1, 0.15) is 24.2 Å². The van der Waals surface area contributed by atoms with E-state index in [2.05, 4.69) is 4.98 Å². The Labute approximate surface area is 143 Å². The maximum absolute atomic E-state index is 12.3. The zero-order valence-corrected chi connectivity index (χ0v) is 13.6. The number of aliphatic hydroxyl groups is 1. The Hall–Kier alpha value is -2.87. The minimum Gasteiger partial charge on any atom is -0.486 e. The molecule has 2 aromatic rings. The number of aliphatic hydroxyl groups excluding tert-OH is 1. The second-order valence-corrected chi connectivity index (χ2v) is 5.90. The predicted molar refractivity (Wildman–Crippen MR) is 85.3 cm³/mol. The molecule has 0 saturated carbocycles. The van der Waals surface area contributed by atoms with E-state index in [1.54, 1.807) is 31.2 Å². The molecular formula is C17H18N2O6. The number of likely N-dealkylation sites (tertiary alicyclic amines) is 1. The zero-order chi connectivity index (χ0) is 18.0. The fraction of sp³-hybridized carbons (Fsp3) is 0.353. The predicted octanol–water partition coefficient (Wildman–Crippen LogP) is 0.874. The number of amides is 1. The number of β-amino-alcohol motifs (C(OH)–C–C–N with tert-alkyl or cyclic N) is 1. The largest absolute Gasteiger partial charge is 0.486 e. The number of carbonyl (C=O) groups excluding carboxylic acids is 1. The van der Waals surface area contributed by atoms with Crippen molar-refractivity contribution in [3.63, 3.8) is 0 Å². The van der Waals surface area contributed by atoms with Crippen LogP contribution in [0.15, 0.2) is 34.9 Å². The molecule has 8 heteroatoms. The molecule has 1 amide bonds. The van der Waals surface area contributed by atoms with E-state index in [0.29, 0.717) is 17.2 Å². The Bertz CT molecular complexity index is 770. The molecule has 3 rings (SSSR count). The molecule has 0 unspecified atom stereocenters. The summed E-state index contributed by atoms with van der Waals surface area (Å²) >= 11 is 0. The number of carboxylic acid groups (broad SMARTS) is 1. The van der Waals surface area contributed by atoms with Crippen molar-refractivity contribution in [1.29, 1.82) is 0 Å². The number of aryl methyl sites for hydroxylation is 1. The van der Waals surface area contributed by atoms with E-state index in [1.165, 1.54) is 11.2 Å². The van der Waals surface area contributed by atoms with Crippen molar-refractivity contribution in [2.24, 2.45) is 0 Å². The van der Waals surface area contributed by atoms with Gasteiger partial charge in [-0.15, -0.1) is 0 Å². The summed E-state index contributed by atoms with van der Waals surface area (Å²) in [5.74, 6) is -0.321. The van der Waals surface area contributed by atoms with Crippen molar-refractivity contribution in [1.82, 2.24) is 9.88 Å². The normalized spacial score (nSPS) is 19.8. The van der Waals surface area contributed by atoms with Gasteiger partial charge in [0.05, 0.1) is 19.5 Å². The smallest absolute Gasteiger partial charge is 0.307 e. The molecule has 2 atom stereocenters. The van der Waals surface area contributed by atoms with Crippen molar-refractivity contribution in [2.45, 2.75) is 25.6 Å². The highest BCUT2D eigenvalue weighted by atomic mass is 16.5. The van der Waals surface area contributed by atoms with Gasteiger partial charge in [-0.1, -0.05) is 12.1 Å². The number of ether oxygens (including phenoxy) is 1. The number of hydrogen-bond acceptors (Lipinski definition) is 6. The minimum absolute atomic E-state index is 0.0638. The number of hydrogen-bond donors (Lipinski definition) is 2. The number of oxazole rings is 1. The summed E-state index contributed by atoms with van der Waals surface area (Å²) in [6, 6.07) is 6.62. The van der Waals surface area contributed by atoms with Gasteiger partial charge in [-0.25, -0.2) is 4.98 Å². The number of nitrogens with zero attached hydrogens (tertiary/aromatic N) is 2. The first kappa shape index (κ1) is 17.0. The van der Waals surface area contributed by atoms with Crippen LogP contribution >= 0.6 is 0 Å². The quantitative estimate of drug-likeness (QED) is 0.826. The molecule has 1 aliphatic heterocycles. The van der Waals surface area contributed by atoms with Crippen LogP contribution in [0.3, 0.4) is 0 Å². The number of aliphatic carboxylic acids is 1. The summed E-state index contributed by atoms with van der Waals surface area (Å²) < 4.78 is 10.8. The van der Waals surface area contributed by atoms with Crippen LogP contribution in [-0.2, 0) is 11.2 Å². The molecule has 0 radical (unpaired) electrons. The Morgan fingerprint density at radius 2 is 2.04 bits per heavy atom. The lowest BCUT2D eigenvalue weighted by atomic mass is 10.1. The van der Waals surface area contributed by atoms with Crippen LogP contribution in [0.25, 0.3) is 0 Å². The topological polar surface area (TPSA) is 113 Å². The lowest BCUT2D eigenvalue weighted by molar-refractivity contribution is -0.136. The molecule has 1 fully saturated rings. The van der Waals surface area contributed by atoms with Gasteiger partial charge in [0.15, 0.2) is 11.6 Å². The van der Waals surface area contributed by atoms with Crippen LogP contribution in [0.5, 0.6) is 5.75 Å². The first-order valence-corrected chi connectivity index (χ1v) is 7.79. The second kappa shape index (κ2) is 6.94. The Balaban J connectivity index is 1.62. The van der Waals surface area contributed by atoms with Crippen LogP contribution < -0.4 is 4.74 Å². The SMILES string of the molecule is Cc1nc(C(=O)N2C[C@@H](O)[C@H](Oc3ccc(CC(=O)O)cc3)C2)co1. The van der Waals surface area contributed by atoms with Gasteiger partial charge in [0, 0.05) is 6.92 Å². The number of benzene rings is 1. The molecule has 0 spiro atoms. The molecule has 8 nitrogen and oxygen atoms in total. The van der Waals surface area contributed by atoms with E-state index in [4.69, 9.17) is 14.3 Å². The number of aromatic nitrogens is 1. The highest BCUT2D eigenvalue weighted by molar-refractivity contribution is 5.92. The fourth-order valence-electron chi connectivity index (χ4n) is 2.70. The van der Waals surface area contributed by atoms with Crippen LogP contribution in [0.2, 0.25) is 0 Å². The van der Waals surface area contributed by atoms with Crippen LogP contribution in [0, 0.1) is 6.92 Å². The van der Waals surface area contributed by atoms with Crippen molar-refractivity contribution < 1.29 is 29.0 Å². The Morgan fingerprint density at radius 1 is 1.32 bits per heavy atom. The molecule has 2 N–H and O–H groups in total. The summed E-state index contributed by atoms with van der Waals surface area (Å²) in [7, 11) is 0. The minimum atomic E-state index is -0.905. The third-order valence-corrected chi connectivity index (χ3v) is 3.93. The van der Waals surface area contributed by atoms with E-state index >= 15 is 0 Å². The average molecular weight is 346 g/mol. The van der Waals surface area contributed by atoms with Crippen LogP contribution in [-0.4, -0.2) is 57.3 Å². The van der Waals surface area contributed by atoms with Gasteiger partial charge in [-0.2, -0.15) is 0 Å². The molecule has 1 saturated heterocycles. The van der Waals surface area contributed by atoms with Gasteiger partial charge < -0.3 is 24.3 Å². The van der Waals surface area contributed by atoms with E-state index in [1.807, 2.05) is 0 Å². The third kappa shape index (κ3) is 3.97. The van der Waals surface area contributed by atoms with E-state index < -0.39 is 18.2 Å². The molecule has 1 aliphatic rings. The van der Waals surface area contributed by atoms with E-state index in [0.717, 1.165) is 0 Å². The van der Waals surface area contributed by atoms with Crippen molar-refractivity contribution in [3.8, 4) is 5.75 Å². The van der Waals surface area contributed by atoms with Crippen molar-refractivity contribution in [2.75, 3.05) is 13.1 Å². The zero-order valence-electron chi connectivity index (χ0n) is 13.6. The van der Waals surface area contributed by atoms with E-state index in [-0.39, 0.29) is 31.1 Å². The van der Waals surface area contributed by atoms with Crippen LogP contribution in [0.4, 0.5) is 0 Å². The lowest BCUT2D eigenvalue weighted by Crippen LogP contribution is -2.31. The first-order valence-electron chi connectivity index (χ1n) is 7.79. The highest BCUT2D eigenvalue weighted by Gasteiger charge is 2.36.